The van der Waals surface area contributed by atoms with Gasteiger partial charge < -0.3 is 19.5 Å². The van der Waals surface area contributed by atoms with E-state index in [9.17, 15) is 9.59 Å². The first-order chi connectivity index (χ1) is 13.0. The molecule has 1 amide bonds. The predicted octanol–water partition coefficient (Wildman–Crippen LogP) is 3.47. The van der Waals surface area contributed by atoms with Crippen LogP contribution in [-0.4, -0.2) is 31.7 Å². The van der Waals surface area contributed by atoms with Gasteiger partial charge in [-0.05, 0) is 61.4 Å². The third-order valence-electron chi connectivity index (χ3n) is 4.06. The van der Waals surface area contributed by atoms with Gasteiger partial charge in [0.05, 0.1) is 12.5 Å². The van der Waals surface area contributed by atoms with E-state index < -0.39 is 17.8 Å². The molecule has 27 heavy (non-hydrogen) atoms. The summed E-state index contributed by atoms with van der Waals surface area (Å²) in [6.45, 7) is 2.33. The number of nitrogens with one attached hydrogen (secondary N) is 1. The number of amides is 1. The summed E-state index contributed by atoms with van der Waals surface area (Å²) in [5.74, 6) is 0.0979. The standard InChI is InChI=1S/C20H20ClNO5/c1-2-25-17-6-4-16(5-7-17)22-19(23)12-27-20(24)14-9-13-10-15(21)3-8-18(13)26-11-14/h3-8,10,14H,2,9,11-12H2,1H3,(H,22,23)/t14-/m0/s1. The van der Waals surface area contributed by atoms with Gasteiger partial charge in [-0.2, -0.15) is 0 Å². The molecule has 0 saturated heterocycles. The number of carbonyl (C=O) groups excluding carboxylic acids is 2. The molecule has 3 rings (SSSR count). The van der Waals surface area contributed by atoms with Crippen LogP contribution in [0.15, 0.2) is 42.5 Å². The minimum atomic E-state index is -0.470. The highest BCUT2D eigenvalue weighted by Gasteiger charge is 2.28. The maximum atomic E-state index is 12.2. The lowest BCUT2D eigenvalue weighted by Crippen LogP contribution is -2.31. The van der Waals surface area contributed by atoms with E-state index in [0.717, 1.165) is 17.1 Å². The molecule has 7 heteroatoms. The fraction of sp³-hybridized carbons (Fsp3) is 0.300. The molecule has 1 N–H and O–H groups in total. The molecule has 0 unspecified atom stereocenters. The second-order valence-corrected chi connectivity index (χ2v) is 6.51. The monoisotopic (exact) mass is 389 g/mol. The fourth-order valence-corrected chi connectivity index (χ4v) is 2.96. The first-order valence-corrected chi connectivity index (χ1v) is 9.03. The van der Waals surface area contributed by atoms with Crippen molar-refractivity contribution in [1.29, 1.82) is 0 Å². The van der Waals surface area contributed by atoms with Gasteiger partial charge in [-0.15, -0.1) is 0 Å². The van der Waals surface area contributed by atoms with Crippen LogP contribution in [0.4, 0.5) is 5.69 Å². The van der Waals surface area contributed by atoms with Crippen LogP contribution in [0.3, 0.4) is 0 Å². The Labute approximate surface area is 162 Å². The van der Waals surface area contributed by atoms with Gasteiger partial charge in [-0.1, -0.05) is 11.6 Å². The third-order valence-corrected chi connectivity index (χ3v) is 4.29. The molecule has 0 aliphatic carbocycles. The molecule has 2 aromatic rings. The third kappa shape index (κ3) is 5.14. The number of rotatable bonds is 6. The number of carbonyl (C=O) groups is 2. The number of benzene rings is 2. The van der Waals surface area contributed by atoms with Gasteiger partial charge in [0.1, 0.15) is 18.1 Å². The number of anilines is 1. The van der Waals surface area contributed by atoms with E-state index in [1.807, 2.05) is 6.92 Å². The van der Waals surface area contributed by atoms with Crippen LogP contribution < -0.4 is 14.8 Å². The zero-order chi connectivity index (χ0) is 19.2. The molecule has 0 fully saturated rings. The van der Waals surface area contributed by atoms with Crippen LogP contribution in [-0.2, 0) is 20.7 Å². The number of halogens is 1. The summed E-state index contributed by atoms with van der Waals surface area (Å²) in [5.41, 5.74) is 1.46. The van der Waals surface area contributed by atoms with Gasteiger partial charge in [0.2, 0.25) is 0 Å². The highest BCUT2D eigenvalue weighted by Crippen LogP contribution is 2.30. The first kappa shape index (κ1) is 19.0. The highest BCUT2D eigenvalue weighted by molar-refractivity contribution is 6.30. The minimum absolute atomic E-state index is 0.216. The fourth-order valence-electron chi connectivity index (χ4n) is 2.77. The Kier molecular flexibility index (Phi) is 6.19. The van der Waals surface area contributed by atoms with Crippen LogP contribution in [0, 0.1) is 5.92 Å². The summed E-state index contributed by atoms with van der Waals surface area (Å²) in [4.78, 5) is 24.2. The van der Waals surface area contributed by atoms with Gasteiger partial charge in [0.25, 0.3) is 5.91 Å². The molecule has 0 saturated carbocycles. The molecule has 142 valence electrons. The average Bonchev–Trinajstić information content (AvgIpc) is 2.67. The van der Waals surface area contributed by atoms with Gasteiger partial charge in [0, 0.05) is 10.7 Å². The Morgan fingerprint density at radius 1 is 1.22 bits per heavy atom. The topological polar surface area (TPSA) is 73.9 Å². The van der Waals surface area contributed by atoms with Gasteiger partial charge in [-0.3, -0.25) is 9.59 Å². The maximum Gasteiger partial charge on any atom is 0.313 e. The van der Waals surface area contributed by atoms with E-state index in [1.165, 1.54) is 0 Å². The lowest BCUT2D eigenvalue weighted by Gasteiger charge is -2.24. The Hall–Kier alpha value is -2.73. The predicted molar refractivity (Wildman–Crippen MR) is 101 cm³/mol. The number of hydrogen-bond acceptors (Lipinski definition) is 5. The Morgan fingerprint density at radius 2 is 2.00 bits per heavy atom. The van der Waals surface area contributed by atoms with Gasteiger partial charge >= 0.3 is 5.97 Å². The largest absolute Gasteiger partial charge is 0.494 e. The summed E-state index contributed by atoms with van der Waals surface area (Å²) in [6, 6.07) is 12.3. The lowest BCUT2D eigenvalue weighted by atomic mass is 9.97. The molecule has 0 aromatic heterocycles. The lowest BCUT2D eigenvalue weighted by molar-refractivity contribution is -0.152. The summed E-state index contributed by atoms with van der Waals surface area (Å²) in [6.07, 6.45) is 0.467. The molecule has 0 bridgehead atoms. The molecule has 1 aliphatic rings. The summed E-state index contributed by atoms with van der Waals surface area (Å²) in [5, 5.41) is 3.26. The summed E-state index contributed by atoms with van der Waals surface area (Å²) < 4.78 is 16.1. The summed E-state index contributed by atoms with van der Waals surface area (Å²) in [7, 11) is 0. The van der Waals surface area contributed by atoms with Crippen LogP contribution in [0.25, 0.3) is 0 Å². The quantitative estimate of drug-likeness (QED) is 0.766. The maximum absolute atomic E-state index is 12.2. The normalized spacial score (nSPS) is 15.3. The molecule has 0 radical (unpaired) electrons. The number of ether oxygens (including phenoxy) is 3. The molecule has 2 aromatic carbocycles. The molecular formula is C20H20ClNO5. The van der Waals surface area contributed by atoms with E-state index in [1.54, 1.807) is 42.5 Å². The van der Waals surface area contributed by atoms with Crippen LogP contribution in [0.5, 0.6) is 11.5 Å². The zero-order valence-corrected chi connectivity index (χ0v) is 15.6. The van der Waals surface area contributed by atoms with Crippen molar-refractivity contribution >= 4 is 29.2 Å². The van der Waals surface area contributed by atoms with Crippen molar-refractivity contribution in [3.63, 3.8) is 0 Å². The molecule has 1 heterocycles. The molecule has 0 spiro atoms. The Bertz CT molecular complexity index is 822. The zero-order valence-electron chi connectivity index (χ0n) is 14.9. The summed E-state index contributed by atoms with van der Waals surface area (Å²) >= 11 is 5.98. The molecule has 6 nitrogen and oxygen atoms in total. The van der Waals surface area contributed by atoms with Crippen molar-refractivity contribution in [1.82, 2.24) is 0 Å². The van der Waals surface area contributed by atoms with Crippen LogP contribution in [0.2, 0.25) is 5.02 Å². The van der Waals surface area contributed by atoms with Crippen molar-refractivity contribution in [2.24, 2.45) is 5.92 Å². The SMILES string of the molecule is CCOc1ccc(NC(=O)COC(=O)[C@@H]2COc3ccc(Cl)cc3C2)cc1. The second-order valence-electron chi connectivity index (χ2n) is 6.08. The van der Waals surface area contributed by atoms with E-state index in [2.05, 4.69) is 5.32 Å². The number of hydrogen-bond donors (Lipinski definition) is 1. The molecule has 1 atom stereocenters. The minimum Gasteiger partial charge on any atom is -0.494 e. The van der Waals surface area contributed by atoms with Gasteiger partial charge in [0.15, 0.2) is 6.61 Å². The Morgan fingerprint density at radius 3 is 2.74 bits per heavy atom. The van der Waals surface area contributed by atoms with E-state index in [0.29, 0.717) is 23.7 Å². The first-order valence-electron chi connectivity index (χ1n) is 8.65. The van der Waals surface area contributed by atoms with Crippen molar-refractivity contribution in [2.75, 3.05) is 25.1 Å². The van der Waals surface area contributed by atoms with Gasteiger partial charge in [-0.25, -0.2) is 0 Å². The van der Waals surface area contributed by atoms with E-state index in [-0.39, 0.29) is 13.2 Å². The van der Waals surface area contributed by atoms with E-state index >= 15 is 0 Å². The van der Waals surface area contributed by atoms with Crippen LogP contribution >= 0.6 is 11.6 Å². The average molecular weight is 390 g/mol. The van der Waals surface area contributed by atoms with Crippen molar-refractivity contribution in [2.45, 2.75) is 13.3 Å². The van der Waals surface area contributed by atoms with Crippen molar-refractivity contribution in [3.05, 3.63) is 53.1 Å². The van der Waals surface area contributed by atoms with Crippen molar-refractivity contribution in [3.8, 4) is 11.5 Å². The Balaban J connectivity index is 1.48. The molecule has 1 aliphatic heterocycles. The van der Waals surface area contributed by atoms with Crippen LogP contribution in [0.1, 0.15) is 12.5 Å². The number of esters is 1. The highest BCUT2D eigenvalue weighted by atomic mass is 35.5. The second kappa shape index (κ2) is 8.77. The molecular weight excluding hydrogens is 370 g/mol. The van der Waals surface area contributed by atoms with Crippen molar-refractivity contribution < 1.29 is 23.8 Å². The number of fused-ring (bicyclic) bond motifs is 1. The smallest absolute Gasteiger partial charge is 0.313 e. The van der Waals surface area contributed by atoms with E-state index in [4.69, 9.17) is 25.8 Å².